The molecule has 0 bridgehead atoms. The quantitative estimate of drug-likeness (QED) is 0.0592. The predicted octanol–water partition coefficient (Wildman–Crippen LogP) is 8.23. The first-order chi connectivity index (χ1) is 27.8. The van der Waals surface area contributed by atoms with Crippen molar-refractivity contribution in [3.63, 3.8) is 0 Å². The number of Topliss-reactive ketones (excluding diaryl/α,β-unsaturated/α-hetero) is 1. The lowest BCUT2D eigenvalue weighted by molar-refractivity contribution is -0.376. The number of aromatic carboxylic acids is 2. The van der Waals surface area contributed by atoms with E-state index in [2.05, 4.69) is 5.32 Å². The number of nitrogens with one attached hydrogen (secondary N) is 2. The van der Waals surface area contributed by atoms with Gasteiger partial charge < -0.3 is 35.8 Å². The molecule has 1 amide bonds. The molecule has 0 unspecified atom stereocenters. The van der Waals surface area contributed by atoms with E-state index >= 15 is 0 Å². The van der Waals surface area contributed by atoms with Crippen molar-refractivity contribution in [1.29, 1.82) is 0 Å². The molecule has 12 nitrogen and oxygen atoms in total. The number of ketones is 2. The summed E-state index contributed by atoms with van der Waals surface area (Å²) in [5.74, 6) is -8.46. The van der Waals surface area contributed by atoms with Gasteiger partial charge in [-0.15, -0.1) is 0 Å². The summed E-state index contributed by atoms with van der Waals surface area (Å²) in [6.07, 6.45) is -26.4. The van der Waals surface area contributed by atoms with Gasteiger partial charge in [0.25, 0.3) is 17.1 Å². The first kappa shape index (κ1) is 47.0. The fourth-order valence-electron chi connectivity index (χ4n) is 5.65. The highest BCUT2D eigenvalue weighted by Crippen LogP contribution is 2.52. The lowest BCUT2D eigenvalue weighted by Gasteiger charge is -2.33. The fourth-order valence-corrected chi connectivity index (χ4v) is 5.65. The lowest BCUT2D eigenvalue weighted by atomic mass is 9.87. The van der Waals surface area contributed by atoms with E-state index in [1.54, 1.807) is 5.32 Å². The van der Waals surface area contributed by atoms with Crippen molar-refractivity contribution < 1.29 is 102 Å². The first-order valence-corrected chi connectivity index (χ1v) is 16.3. The van der Waals surface area contributed by atoms with Gasteiger partial charge in [0, 0.05) is 46.2 Å². The van der Waals surface area contributed by atoms with Crippen LogP contribution in [-0.4, -0.2) is 81.6 Å². The molecule has 4 aromatic rings. The number of ether oxygens (including phenoxy) is 1. The summed E-state index contributed by atoms with van der Waals surface area (Å²) in [5.41, 5.74) is -23.5. The Bertz CT molecular complexity index is 2410. The SMILES string of the molecule is CNc1cc(C(=O)c2cc(NC(=O)c3cc(Oc4ccc(C(=O)O)c(C(C)=O)c4)ccc3C(=O)O)cc(C(O)(C(F)(F)F)C(F)(F)F)c2)cc(C(O)(C(F)(F)F)C(F)(F)F)c1. The van der Waals surface area contributed by atoms with Crippen LogP contribution in [0.2, 0.25) is 0 Å². The molecular formula is C37H24F12N2O10. The number of amides is 1. The Morgan fingerprint density at radius 2 is 0.902 bits per heavy atom. The van der Waals surface area contributed by atoms with Gasteiger partial charge in [0.05, 0.1) is 16.7 Å². The fraction of sp³-hybridized carbons (Fsp3) is 0.216. The molecule has 0 aliphatic carbocycles. The second kappa shape index (κ2) is 16.1. The smallest absolute Gasteiger partial charge is 0.430 e. The van der Waals surface area contributed by atoms with Crippen LogP contribution in [-0.2, 0) is 11.2 Å². The van der Waals surface area contributed by atoms with Gasteiger partial charge in [-0.05, 0) is 79.7 Å². The Morgan fingerprint density at radius 3 is 1.28 bits per heavy atom. The molecule has 0 heterocycles. The summed E-state index contributed by atoms with van der Waals surface area (Å²) in [6, 6.07) is 5.40. The molecule has 4 rings (SSSR count). The highest BCUT2D eigenvalue weighted by molar-refractivity contribution is 6.13. The van der Waals surface area contributed by atoms with Crippen molar-refractivity contribution in [3.8, 4) is 11.5 Å². The minimum atomic E-state index is -6.68. The third-order valence-corrected chi connectivity index (χ3v) is 8.72. The van der Waals surface area contributed by atoms with E-state index in [-0.39, 0.29) is 41.6 Å². The normalized spacial score (nSPS) is 12.7. The molecule has 0 aliphatic rings. The van der Waals surface area contributed by atoms with Crippen LogP contribution < -0.4 is 15.4 Å². The summed E-state index contributed by atoms with van der Waals surface area (Å²) in [5, 5.41) is 43.0. The van der Waals surface area contributed by atoms with Gasteiger partial charge in [0.2, 0.25) is 0 Å². The number of benzene rings is 4. The molecule has 0 fully saturated rings. The molecule has 0 saturated heterocycles. The van der Waals surface area contributed by atoms with Crippen molar-refractivity contribution in [2.45, 2.75) is 42.8 Å². The molecule has 4 aromatic carbocycles. The zero-order valence-electron chi connectivity index (χ0n) is 30.2. The van der Waals surface area contributed by atoms with Gasteiger partial charge in [0.1, 0.15) is 11.5 Å². The highest BCUT2D eigenvalue weighted by atomic mass is 19.4. The lowest BCUT2D eigenvalue weighted by Crippen LogP contribution is -2.54. The van der Waals surface area contributed by atoms with Crippen molar-refractivity contribution in [2.24, 2.45) is 0 Å². The van der Waals surface area contributed by atoms with Crippen molar-refractivity contribution >= 4 is 40.8 Å². The Hall–Kier alpha value is -6.69. The summed E-state index contributed by atoms with van der Waals surface area (Å²) < 4.78 is 173. The first-order valence-electron chi connectivity index (χ1n) is 16.3. The Labute approximate surface area is 332 Å². The summed E-state index contributed by atoms with van der Waals surface area (Å²) >= 11 is 0. The molecule has 0 saturated carbocycles. The standard InChI is InChI=1S/C37H24F12N2O10/c1-15(52)26-13-22(3-5-24(26)30(55)56)61-23-4-6-25(31(57)58)27(14-23)29(54)51-21-10-17(8-19(12-21)33(60,36(44,45)46)37(47,48)49)28(53)16-7-18(11-20(9-16)50-2)32(59,34(38,39)40)35(41,42)43/h3-14,50,59-60H,1-2H3,(H,51,54)(H,55,56)(H,57,58). The average Bonchev–Trinajstić information content (AvgIpc) is 3.14. The number of alkyl halides is 12. The minimum absolute atomic E-state index is 0.0804. The molecule has 24 heteroatoms. The van der Waals surface area contributed by atoms with Crippen molar-refractivity contribution in [2.75, 3.05) is 17.7 Å². The van der Waals surface area contributed by atoms with Crippen LogP contribution in [0.25, 0.3) is 0 Å². The Kier molecular flexibility index (Phi) is 12.4. The van der Waals surface area contributed by atoms with E-state index in [1.165, 1.54) is 0 Å². The number of hydrogen-bond donors (Lipinski definition) is 6. The number of anilines is 2. The van der Waals surface area contributed by atoms with Gasteiger partial charge in [-0.25, -0.2) is 9.59 Å². The van der Waals surface area contributed by atoms with Crippen LogP contribution in [0.5, 0.6) is 11.5 Å². The molecule has 0 aromatic heterocycles. The van der Waals surface area contributed by atoms with Gasteiger partial charge in [-0.2, -0.15) is 52.7 Å². The predicted molar refractivity (Wildman–Crippen MR) is 183 cm³/mol. The van der Waals surface area contributed by atoms with Crippen LogP contribution in [0.1, 0.15) is 75.4 Å². The van der Waals surface area contributed by atoms with E-state index in [1.807, 2.05) is 0 Å². The number of hydrogen-bond acceptors (Lipinski definition) is 9. The third kappa shape index (κ3) is 8.94. The van der Waals surface area contributed by atoms with Crippen molar-refractivity contribution in [3.05, 3.63) is 117 Å². The second-order valence-electron chi connectivity index (χ2n) is 12.7. The molecule has 0 aliphatic heterocycles. The zero-order chi connectivity index (χ0) is 46.4. The molecule has 6 N–H and O–H groups in total. The van der Waals surface area contributed by atoms with E-state index in [4.69, 9.17) is 4.74 Å². The van der Waals surface area contributed by atoms with Crippen LogP contribution in [0.4, 0.5) is 64.1 Å². The van der Waals surface area contributed by atoms with Gasteiger partial charge in [0.15, 0.2) is 11.6 Å². The zero-order valence-corrected chi connectivity index (χ0v) is 30.2. The maximum Gasteiger partial charge on any atom is 0.430 e. The summed E-state index contributed by atoms with van der Waals surface area (Å²) in [7, 11) is 0.901. The third-order valence-electron chi connectivity index (χ3n) is 8.72. The molecule has 61 heavy (non-hydrogen) atoms. The topological polar surface area (TPSA) is 200 Å². The van der Waals surface area contributed by atoms with Crippen LogP contribution in [0.3, 0.4) is 0 Å². The van der Waals surface area contributed by atoms with Gasteiger partial charge in [-0.3, -0.25) is 14.4 Å². The van der Waals surface area contributed by atoms with Crippen molar-refractivity contribution in [1.82, 2.24) is 0 Å². The van der Waals surface area contributed by atoms with E-state index < -0.39 is 121 Å². The van der Waals surface area contributed by atoms with Gasteiger partial charge >= 0.3 is 36.6 Å². The Balaban J connectivity index is 1.93. The molecule has 0 spiro atoms. The van der Waals surface area contributed by atoms with E-state index in [0.717, 1.165) is 44.3 Å². The Morgan fingerprint density at radius 1 is 0.525 bits per heavy atom. The van der Waals surface area contributed by atoms with Gasteiger partial charge in [-0.1, -0.05) is 0 Å². The van der Waals surface area contributed by atoms with Crippen LogP contribution >= 0.6 is 0 Å². The molecule has 0 radical (unpaired) electrons. The summed E-state index contributed by atoms with van der Waals surface area (Å²) in [6.45, 7) is 1.01. The average molecular weight is 885 g/mol. The summed E-state index contributed by atoms with van der Waals surface area (Å²) in [4.78, 5) is 62.8. The maximum absolute atomic E-state index is 14.1. The number of carboxylic acids is 2. The monoisotopic (exact) mass is 884 g/mol. The van der Waals surface area contributed by atoms with Crippen LogP contribution in [0.15, 0.2) is 72.8 Å². The minimum Gasteiger partial charge on any atom is -0.478 e. The second-order valence-corrected chi connectivity index (χ2v) is 12.7. The number of rotatable bonds is 12. The molecular weight excluding hydrogens is 860 g/mol. The molecule has 0 atom stereocenters. The number of halogens is 12. The van der Waals surface area contributed by atoms with E-state index in [9.17, 15) is 97.1 Å². The number of carbonyl (C=O) groups excluding carboxylic acids is 3. The highest BCUT2D eigenvalue weighted by Gasteiger charge is 2.72. The largest absolute Gasteiger partial charge is 0.478 e. The molecule has 326 valence electrons. The number of aliphatic hydroxyl groups is 2. The van der Waals surface area contributed by atoms with Crippen LogP contribution in [0, 0.1) is 0 Å². The van der Waals surface area contributed by atoms with E-state index in [0.29, 0.717) is 12.1 Å². The maximum atomic E-state index is 14.1. The number of carboxylic acid groups (broad SMARTS) is 2. The number of carbonyl (C=O) groups is 5.